The van der Waals surface area contributed by atoms with Crippen molar-refractivity contribution in [1.82, 2.24) is 0 Å². The number of hydrogen-bond acceptors (Lipinski definition) is 1. The van der Waals surface area contributed by atoms with Gasteiger partial charge in [-0.3, -0.25) is 4.79 Å². The number of aliphatic carboxylic acids is 1. The topological polar surface area (TPSA) is 37.3 Å². The van der Waals surface area contributed by atoms with Crippen molar-refractivity contribution >= 4 is 5.97 Å². The van der Waals surface area contributed by atoms with E-state index in [4.69, 9.17) is 0 Å². The smallest absolute Gasteiger partial charge is 0.313 e. The molecule has 0 heterocycles. The van der Waals surface area contributed by atoms with Crippen LogP contribution in [0.4, 0.5) is 0 Å². The van der Waals surface area contributed by atoms with Crippen LogP contribution in [0.1, 0.15) is 38.2 Å². The lowest BCUT2D eigenvalue weighted by Crippen LogP contribution is -2.32. The largest absolute Gasteiger partial charge is 0.481 e. The molecular weight excluding hydrogens is 212 g/mol. The number of benzene rings is 1. The number of hydrogen-bond donors (Lipinski definition) is 1. The first kappa shape index (κ1) is 13.5. The molecule has 1 aromatic carbocycles. The van der Waals surface area contributed by atoms with Gasteiger partial charge in [-0.05, 0) is 31.7 Å². The third-order valence-electron chi connectivity index (χ3n) is 3.22. The van der Waals surface area contributed by atoms with Gasteiger partial charge in [0.25, 0.3) is 0 Å². The van der Waals surface area contributed by atoms with E-state index >= 15 is 0 Å². The number of carboxylic acid groups (broad SMARTS) is 1. The Morgan fingerprint density at radius 1 is 1.35 bits per heavy atom. The van der Waals surface area contributed by atoms with Crippen molar-refractivity contribution < 1.29 is 9.90 Å². The van der Waals surface area contributed by atoms with E-state index in [1.54, 1.807) is 6.92 Å². The highest BCUT2D eigenvalue weighted by molar-refractivity contribution is 5.80. The van der Waals surface area contributed by atoms with Gasteiger partial charge >= 0.3 is 5.97 Å². The van der Waals surface area contributed by atoms with Crippen LogP contribution in [0.2, 0.25) is 0 Å². The first-order valence-corrected chi connectivity index (χ1v) is 6.01. The molecule has 0 aliphatic heterocycles. The lowest BCUT2D eigenvalue weighted by molar-refractivity contribution is -0.143. The monoisotopic (exact) mass is 232 g/mol. The Morgan fingerprint density at radius 3 is 2.53 bits per heavy atom. The second kappa shape index (κ2) is 6.24. The van der Waals surface area contributed by atoms with Gasteiger partial charge in [0.2, 0.25) is 0 Å². The van der Waals surface area contributed by atoms with Crippen LogP contribution in [0.15, 0.2) is 43.0 Å². The Bertz CT molecular complexity index is 370. The molecule has 0 fully saturated rings. The Hall–Kier alpha value is -1.57. The van der Waals surface area contributed by atoms with E-state index in [9.17, 15) is 9.90 Å². The summed E-state index contributed by atoms with van der Waals surface area (Å²) in [5.74, 6) is -0.748. The molecule has 1 unspecified atom stereocenters. The first-order chi connectivity index (χ1) is 8.11. The molecule has 0 saturated carbocycles. The standard InChI is InChI=1S/C15H20O2/c1-3-4-5-9-12-15(2,14(16)17)13-10-7-6-8-11-13/h3,6-8,10-11H,1,4-5,9,12H2,2H3,(H,16,17). The zero-order valence-electron chi connectivity index (χ0n) is 10.4. The van der Waals surface area contributed by atoms with E-state index in [0.717, 1.165) is 24.8 Å². The third kappa shape index (κ3) is 3.45. The minimum absolute atomic E-state index is 0.667. The highest BCUT2D eigenvalue weighted by Crippen LogP contribution is 2.30. The maximum atomic E-state index is 11.5. The number of rotatable bonds is 7. The summed E-state index contributed by atoms with van der Waals surface area (Å²) in [6.45, 7) is 5.48. The average molecular weight is 232 g/mol. The van der Waals surface area contributed by atoms with Crippen LogP contribution < -0.4 is 0 Å². The number of allylic oxidation sites excluding steroid dienone is 1. The van der Waals surface area contributed by atoms with Gasteiger partial charge in [0, 0.05) is 0 Å². The summed E-state index contributed by atoms with van der Waals surface area (Å²) in [7, 11) is 0. The van der Waals surface area contributed by atoms with Gasteiger partial charge in [-0.1, -0.05) is 42.8 Å². The molecule has 17 heavy (non-hydrogen) atoms. The van der Waals surface area contributed by atoms with Crippen molar-refractivity contribution in [2.24, 2.45) is 0 Å². The molecule has 0 spiro atoms. The van der Waals surface area contributed by atoms with Crippen LogP contribution >= 0.6 is 0 Å². The fourth-order valence-corrected chi connectivity index (χ4v) is 1.95. The fourth-order valence-electron chi connectivity index (χ4n) is 1.95. The van der Waals surface area contributed by atoms with Gasteiger partial charge in [-0.25, -0.2) is 0 Å². The van der Waals surface area contributed by atoms with Gasteiger partial charge in [-0.15, -0.1) is 6.58 Å². The molecule has 0 saturated heterocycles. The lowest BCUT2D eigenvalue weighted by Gasteiger charge is -2.25. The van der Waals surface area contributed by atoms with Crippen molar-refractivity contribution in [2.75, 3.05) is 0 Å². The molecule has 2 nitrogen and oxygen atoms in total. The van der Waals surface area contributed by atoms with Gasteiger partial charge in [-0.2, -0.15) is 0 Å². The first-order valence-electron chi connectivity index (χ1n) is 6.01. The van der Waals surface area contributed by atoms with E-state index in [0.29, 0.717) is 6.42 Å². The maximum Gasteiger partial charge on any atom is 0.313 e. The zero-order valence-corrected chi connectivity index (χ0v) is 10.4. The van der Waals surface area contributed by atoms with Gasteiger partial charge in [0.15, 0.2) is 0 Å². The summed E-state index contributed by atoms with van der Waals surface area (Å²) >= 11 is 0. The SMILES string of the molecule is C=CCCCCC(C)(C(=O)O)c1ccccc1. The van der Waals surface area contributed by atoms with Crippen LogP contribution in [0, 0.1) is 0 Å². The third-order valence-corrected chi connectivity index (χ3v) is 3.22. The highest BCUT2D eigenvalue weighted by atomic mass is 16.4. The Morgan fingerprint density at radius 2 is 2.00 bits per heavy atom. The van der Waals surface area contributed by atoms with Crippen molar-refractivity contribution in [3.63, 3.8) is 0 Å². The van der Waals surface area contributed by atoms with Gasteiger partial charge < -0.3 is 5.11 Å². The molecule has 0 amide bonds. The molecule has 1 aromatic rings. The van der Waals surface area contributed by atoms with E-state index in [1.807, 2.05) is 36.4 Å². The van der Waals surface area contributed by atoms with E-state index in [2.05, 4.69) is 6.58 Å². The molecule has 0 aliphatic rings. The minimum atomic E-state index is -0.775. The molecule has 2 heteroatoms. The predicted molar refractivity (Wildman–Crippen MR) is 70.1 cm³/mol. The average Bonchev–Trinajstić information content (AvgIpc) is 2.35. The second-order valence-electron chi connectivity index (χ2n) is 4.54. The van der Waals surface area contributed by atoms with Crippen LogP contribution in [-0.2, 0) is 10.2 Å². The summed E-state index contributed by atoms with van der Waals surface area (Å²) < 4.78 is 0. The second-order valence-corrected chi connectivity index (χ2v) is 4.54. The number of carbonyl (C=O) groups is 1. The van der Waals surface area contributed by atoms with Gasteiger partial charge in [0.05, 0.1) is 5.41 Å². The van der Waals surface area contributed by atoms with Gasteiger partial charge in [0.1, 0.15) is 0 Å². The normalized spacial score (nSPS) is 13.9. The van der Waals surface area contributed by atoms with Crippen molar-refractivity contribution in [2.45, 2.75) is 38.0 Å². The van der Waals surface area contributed by atoms with E-state index in [-0.39, 0.29) is 0 Å². The maximum absolute atomic E-state index is 11.5. The van der Waals surface area contributed by atoms with Crippen molar-refractivity contribution in [1.29, 1.82) is 0 Å². The highest BCUT2D eigenvalue weighted by Gasteiger charge is 2.34. The molecule has 1 atom stereocenters. The predicted octanol–water partition coefficient (Wildman–Crippen LogP) is 3.78. The molecule has 0 aliphatic carbocycles. The number of unbranched alkanes of at least 4 members (excludes halogenated alkanes) is 2. The molecule has 92 valence electrons. The summed E-state index contributed by atoms with van der Waals surface area (Å²) in [5.41, 5.74) is 0.105. The minimum Gasteiger partial charge on any atom is -0.481 e. The Balaban J connectivity index is 2.76. The lowest BCUT2D eigenvalue weighted by atomic mass is 9.78. The molecular formula is C15H20O2. The Labute approximate surface area is 103 Å². The van der Waals surface area contributed by atoms with Crippen LogP contribution in [0.3, 0.4) is 0 Å². The van der Waals surface area contributed by atoms with Crippen LogP contribution in [0.5, 0.6) is 0 Å². The number of carboxylic acids is 1. The quantitative estimate of drug-likeness (QED) is 0.574. The summed E-state index contributed by atoms with van der Waals surface area (Å²) in [4.78, 5) is 11.5. The molecule has 0 radical (unpaired) electrons. The summed E-state index contributed by atoms with van der Waals surface area (Å²) in [6, 6.07) is 9.47. The van der Waals surface area contributed by atoms with Crippen LogP contribution in [-0.4, -0.2) is 11.1 Å². The molecule has 0 bridgehead atoms. The van der Waals surface area contributed by atoms with Crippen LogP contribution in [0.25, 0.3) is 0 Å². The zero-order chi connectivity index (χ0) is 12.7. The van der Waals surface area contributed by atoms with E-state index in [1.165, 1.54) is 0 Å². The van der Waals surface area contributed by atoms with Crippen molar-refractivity contribution in [3.05, 3.63) is 48.6 Å². The summed E-state index contributed by atoms with van der Waals surface area (Å²) in [6.07, 6.45) is 5.40. The Kier molecular flexibility index (Phi) is 4.95. The van der Waals surface area contributed by atoms with E-state index < -0.39 is 11.4 Å². The molecule has 0 aromatic heterocycles. The summed E-state index contributed by atoms with van der Waals surface area (Å²) in [5, 5.41) is 9.42. The van der Waals surface area contributed by atoms with Crippen molar-refractivity contribution in [3.8, 4) is 0 Å². The fraction of sp³-hybridized carbons (Fsp3) is 0.400. The molecule has 1 rings (SSSR count). The molecule has 1 N–H and O–H groups in total.